The van der Waals surface area contributed by atoms with E-state index in [9.17, 15) is 5.11 Å². The van der Waals surface area contributed by atoms with Crippen LogP contribution in [0, 0.1) is 0 Å². The Morgan fingerprint density at radius 1 is 1.10 bits per heavy atom. The van der Waals surface area contributed by atoms with Crippen LogP contribution in [0.5, 0.6) is 0 Å². The minimum atomic E-state index is -0.608. The van der Waals surface area contributed by atoms with E-state index in [-0.39, 0.29) is 0 Å². The van der Waals surface area contributed by atoms with Gasteiger partial charge in [0.25, 0.3) is 0 Å². The molecule has 0 aliphatic heterocycles. The zero-order chi connectivity index (χ0) is 20.8. The van der Waals surface area contributed by atoms with Crippen LogP contribution in [-0.2, 0) is 6.54 Å². The van der Waals surface area contributed by atoms with Crippen LogP contribution < -0.4 is 10.6 Å². The first-order valence-corrected chi connectivity index (χ1v) is 10.7. The van der Waals surface area contributed by atoms with E-state index in [1.807, 2.05) is 61.5 Å². The molecule has 0 saturated heterocycles. The lowest BCUT2D eigenvalue weighted by Gasteiger charge is -2.14. The van der Waals surface area contributed by atoms with Crippen molar-refractivity contribution in [2.75, 3.05) is 13.1 Å². The van der Waals surface area contributed by atoms with Gasteiger partial charge in [0.15, 0.2) is 11.7 Å². The maximum Gasteiger partial charge on any atom is 0.191 e. The van der Waals surface area contributed by atoms with Gasteiger partial charge in [-0.15, -0.1) is 11.3 Å². The van der Waals surface area contributed by atoms with Crippen molar-refractivity contribution in [3.8, 4) is 11.3 Å². The molecular weight excluding hydrogens is 396 g/mol. The first-order valence-electron chi connectivity index (χ1n) is 9.92. The topological polar surface area (TPSA) is 82.7 Å². The molecular formula is C23H24N4O2S. The smallest absolute Gasteiger partial charge is 0.191 e. The maximum absolute atomic E-state index is 10.6. The molecule has 0 bridgehead atoms. The highest BCUT2D eigenvalue weighted by molar-refractivity contribution is 7.19. The number of aliphatic imine (C=N–C) groups is 1. The molecule has 0 radical (unpaired) electrons. The third kappa shape index (κ3) is 4.87. The molecule has 3 N–H and O–H groups in total. The fourth-order valence-corrected chi connectivity index (χ4v) is 4.14. The average Bonchev–Trinajstić information content (AvgIpc) is 3.43. The van der Waals surface area contributed by atoms with Crippen LogP contribution >= 0.6 is 11.3 Å². The number of rotatable bonds is 7. The second-order valence-electron chi connectivity index (χ2n) is 6.83. The Kier molecular flexibility index (Phi) is 6.41. The summed E-state index contributed by atoms with van der Waals surface area (Å²) in [5, 5.41) is 22.3. The molecule has 0 aliphatic rings. The van der Waals surface area contributed by atoms with Crippen molar-refractivity contribution in [1.29, 1.82) is 0 Å². The van der Waals surface area contributed by atoms with Gasteiger partial charge in [-0.25, -0.2) is 4.99 Å². The summed E-state index contributed by atoms with van der Waals surface area (Å²) in [7, 11) is 0. The number of hydrogen-bond acceptors (Lipinski definition) is 5. The van der Waals surface area contributed by atoms with E-state index in [0.29, 0.717) is 19.0 Å². The van der Waals surface area contributed by atoms with E-state index in [0.717, 1.165) is 33.8 Å². The van der Waals surface area contributed by atoms with Crippen molar-refractivity contribution in [3.63, 3.8) is 0 Å². The third-order valence-corrected chi connectivity index (χ3v) is 5.81. The number of thiophene rings is 1. The number of guanidine groups is 1. The van der Waals surface area contributed by atoms with Crippen LogP contribution in [-0.4, -0.2) is 29.3 Å². The lowest BCUT2D eigenvalue weighted by atomic mass is 10.2. The fourth-order valence-electron chi connectivity index (χ4n) is 3.09. The molecule has 1 unspecified atom stereocenters. The minimum Gasteiger partial charge on any atom is -0.386 e. The number of aromatic nitrogens is 1. The molecule has 2 heterocycles. The van der Waals surface area contributed by atoms with Gasteiger partial charge in [-0.3, -0.25) is 0 Å². The van der Waals surface area contributed by atoms with E-state index in [2.05, 4.69) is 32.9 Å². The maximum atomic E-state index is 10.6. The molecule has 2 aromatic heterocycles. The number of hydrogen-bond donors (Lipinski definition) is 3. The molecule has 4 aromatic rings. The van der Waals surface area contributed by atoms with Gasteiger partial charge in [0.05, 0.1) is 6.54 Å². The number of aliphatic hydroxyl groups excluding tert-OH is 1. The Balaban J connectivity index is 1.38. The highest BCUT2D eigenvalue weighted by atomic mass is 32.1. The summed E-state index contributed by atoms with van der Waals surface area (Å²) in [5.41, 5.74) is 1.73. The van der Waals surface area contributed by atoms with Gasteiger partial charge >= 0.3 is 0 Å². The lowest BCUT2D eigenvalue weighted by molar-refractivity contribution is 0.184. The van der Waals surface area contributed by atoms with Crippen molar-refractivity contribution >= 4 is 27.4 Å². The summed E-state index contributed by atoms with van der Waals surface area (Å²) in [5.74, 6) is 1.35. The summed E-state index contributed by atoms with van der Waals surface area (Å²) >= 11 is 1.61. The van der Waals surface area contributed by atoms with Gasteiger partial charge < -0.3 is 20.3 Å². The number of fused-ring (bicyclic) bond motifs is 1. The Labute approximate surface area is 179 Å². The molecule has 0 saturated carbocycles. The normalized spacial score (nSPS) is 12.8. The largest absolute Gasteiger partial charge is 0.386 e. The van der Waals surface area contributed by atoms with Gasteiger partial charge in [0, 0.05) is 34.3 Å². The van der Waals surface area contributed by atoms with Gasteiger partial charge in [0.1, 0.15) is 11.8 Å². The zero-order valence-corrected chi connectivity index (χ0v) is 17.5. The van der Waals surface area contributed by atoms with Crippen LogP contribution in [0.4, 0.5) is 0 Å². The van der Waals surface area contributed by atoms with Crippen molar-refractivity contribution in [3.05, 3.63) is 77.3 Å². The molecule has 7 heteroatoms. The number of aliphatic hydroxyl groups is 1. The molecule has 0 spiro atoms. The Hall–Kier alpha value is -3.16. The summed E-state index contributed by atoms with van der Waals surface area (Å²) in [6.07, 6.45) is -0.608. The number of nitrogens with one attached hydrogen (secondary N) is 2. The highest BCUT2D eigenvalue weighted by Gasteiger charge is 2.12. The molecule has 30 heavy (non-hydrogen) atoms. The van der Waals surface area contributed by atoms with Gasteiger partial charge in [-0.1, -0.05) is 53.7 Å². The summed E-state index contributed by atoms with van der Waals surface area (Å²) < 4.78 is 6.60. The van der Waals surface area contributed by atoms with Crippen molar-refractivity contribution in [1.82, 2.24) is 15.8 Å². The molecule has 6 nitrogen and oxygen atoms in total. The molecule has 2 aromatic carbocycles. The van der Waals surface area contributed by atoms with E-state index in [1.165, 1.54) is 4.70 Å². The second-order valence-corrected chi connectivity index (χ2v) is 7.94. The standard InChI is InChI=1S/C23H24N4O2S/c1-2-24-23(25-14-18-13-20(29-27-18)16-8-4-3-5-9-16)26-15-19(28)22-12-17-10-6-7-11-21(17)30-22/h3-13,19,28H,2,14-15H2,1H3,(H2,24,25,26). The highest BCUT2D eigenvalue weighted by Crippen LogP contribution is 2.29. The zero-order valence-electron chi connectivity index (χ0n) is 16.7. The van der Waals surface area contributed by atoms with E-state index >= 15 is 0 Å². The monoisotopic (exact) mass is 420 g/mol. The Morgan fingerprint density at radius 2 is 1.90 bits per heavy atom. The molecule has 0 aliphatic carbocycles. The van der Waals surface area contributed by atoms with Gasteiger partial charge in [-0.2, -0.15) is 0 Å². The first kappa shape index (κ1) is 20.1. The van der Waals surface area contributed by atoms with E-state index in [1.54, 1.807) is 11.3 Å². The van der Waals surface area contributed by atoms with Gasteiger partial charge in [0.2, 0.25) is 0 Å². The van der Waals surface area contributed by atoms with Crippen LogP contribution in [0.15, 0.2) is 76.2 Å². The summed E-state index contributed by atoms with van der Waals surface area (Å²) in [4.78, 5) is 5.50. The molecule has 0 amide bonds. The van der Waals surface area contributed by atoms with E-state index in [4.69, 9.17) is 4.52 Å². The second kappa shape index (κ2) is 9.56. The van der Waals surface area contributed by atoms with Gasteiger partial charge in [-0.05, 0) is 24.4 Å². The Morgan fingerprint density at radius 3 is 2.70 bits per heavy atom. The minimum absolute atomic E-state index is 0.368. The summed E-state index contributed by atoms with van der Waals surface area (Å²) in [6.45, 7) is 3.47. The third-order valence-electron chi connectivity index (χ3n) is 4.60. The molecule has 0 fully saturated rings. The molecule has 4 rings (SSSR count). The number of nitrogens with zero attached hydrogens (tertiary/aromatic N) is 2. The Bertz CT molecular complexity index is 1090. The predicted octanol–water partition coefficient (Wildman–Crippen LogP) is 4.35. The quantitative estimate of drug-likeness (QED) is 0.306. The van der Waals surface area contributed by atoms with E-state index < -0.39 is 6.10 Å². The fraction of sp³-hybridized carbons (Fsp3) is 0.217. The summed E-state index contributed by atoms with van der Waals surface area (Å²) in [6, 6.07) is 21.9. The SMILES string of the molecule is CCNC(=NCc1cc(-c2ccccc2)on1)NCC(O)c1cc2ccccc2s1. The first-order chi connectivity index (χ1) is 14.7. The van der Waals surface area contributed by atoms with Crippen LogP contribution in [0.1, 0.15) is 23.6 Å². The lowest BCUT2D eigenvalue weighted by Crippen LogP contribution is -2.39. The number of benzene rings is 2. The molecule has 1 atom stereocenters. The predicted molar refractivity (Wildman–Crippen MR) is 122 cm³/mol. The van der Waals surface area contributed by atoms with Crippen LogP contribution in [0.25, 0.3) is 21.4 Å². The van der Waals surface area contributed by atoms with Crippen molar-refractivity contribution in [2.24, 2.45) is 4.99 Å². The van der Waals surface area contributed by atoms with Crippen molar-refractivity contribution < 1.29 is 9.63 Å². The van der Waals surface area contributed by atoms with Crippen LogP contribution in [0.2, 0.25) is 0 Å². The molecule has 154 valence electrons. The van der Waals surface area contributed by atoms with Crippen molar-refractivity contribution in [2.45, 2.75) is 19.6 Å². The van der Waals surface area contributed by atoms with Crippen LogP contribution in [0.3, 0.4) is 0 Å². The average molecular weight is 421 g/mol.